The third-order valence-corrected chi connectivity index (χ3v) is 19.8. The van der Waals surface area contributed by atoms with Gasteiger partial charge in [-0.25, -0.2) is 4.79 Å². The first-order chi connectivity index (χ1) is 31.8. The molecule has 10 N–H and O–H groups in total. The topological polar surface area (TPSA) is 284 Å². The van der Waals surface area contributed by atoms with E-state index in [0.717, 1.165) is 44.9 Å². The molecule has 0 aromatic heterocycles. The van der Waals surface area contributed by atoms with E-state index in [1.807, 2.05) is 6.92 Å². The summed E-state index contributed by atoms with van der Waals surface area (Å²) in [6.07, 6.45) is -16.6. The maximum absolute atomic E-state index is 13.3. The highest BCUT2D eigenvalue weighted by molar-refractivity contribution is 5.75. The maximum atomic E-state index is 13.3. The SMILES string of the molecule is CCOC(=O)[C@H]1O[C@@H](O[C@H]2CC[C@@]3(C)[C@@H](CC[C@]4(C)[C@@H]3CC=C3[C@@H]5CC(C)(C)C[C@@H](O)[C@]5(C)CC[C@]34C)[C@@]2(C)CO)[C@H](O[C@@H]2O[C@H](CO)[C@H](O)[C@H](O)[C@H]2O[C@@H]2O[C@@H](C)[C@H](O)[C@@H](O)[C@H]2O)[C@@H](O)[C@@H]1O. The van der Waals surface area contributed by atoms with Gasteiger partial charge in [0.1, 0.15) is 61.0 Å². The predicted octanol–water partition coefficient (Wildman–Crippen LogP) is 1.18. The van der Waals surface area contributed by atoms with Crippen LogP contribution in [0.4, 0.5) is 0 Å². The number of esters is 1. The Morgan fingerprint density at radius 1 is 0.676 bits per heavy atom. The minimum atomic E-state index is -1.95. The summed E-state index contributed by atoms with van der Waals surface area (Å²) in [4.78, 5) is 13.3. The number of rotatable bonds is 10. The van der Waals surface area contributed by atoms with Crippen LogP contribution in [0, 0.1) is 50.2 Å². The average Bonchev–Trinajstić information content (AvgIpc) is 3.28. The van der Waals surface area contributed by atoms with Gasteiger partial charge in [-0.2, -0.15) is 0 Å². The van der Waals surface area contributed by atoms with Crippen LogP contribution in [0.15, 0.2) is 11.6 Å². The number of carbonyl (C=O) groups excluding carboxylic acids is 1. The van der Waals surface area contributed by atoms with E-state index in [2.05, 4.69) is 47.6 Å². The van der Waals surface area contributed by atoms with Crippen molar-refractivity contribution in [3.63, 3.8) is 0 Å². The number of allylic oxidation sites excluding steroid dienone is 2. The summed E-state index contributed by atoms with van der Waals surface area (Å²) in [5.41, 5.74) is 0.0385. The van der Waals surface area contributed by atoms with Crippen molar-refractivity contribution >= 4 is 5.97 Å². The van der Waals surface area contributed by atoms with Crippen molar-refractivity contribution in [2.75, 3.05) is 19.8 Å². The molecule has 0 spiro atoms. The van der Waals surface area contributed by atoms with Crippen LogP contribution in [0.2, 0.25) is 0 Å². The zero-order valence-electron chi connectivity index (χ0n) is 41.3. The Kier molecular flexibility index (Phi) is 14.6. The summed E-state index contributed by atoms with van der Waals surface area (Å²) in [5.74, 6) is -0.486. The van der Waals surface area contributed by atoms with Crippen LogP contribution in [0.1, 0.15) is 120 Å². The highest BCUT2D eigenvalue weighted by Crippen LogP contribution is 2.76. The van der Waals surface area contributed by atoms with E-state index in [1.54, 1.807) is 6.92 Å². The predicted molar refractivity (Wildman–Crippen MR) is 240 cm³/mol. The van der Waals surface area contributed by atoms with Crippen LogP contribution in [-0.4, -0.2) is 181 Å². The summed E-state index contributed by atoms with van der Waals surface area (Å²) >= 11 is 0. The summed E-state index contributed by atoms with van der Waals surface area (Å²) in [5, 5.41) is 111. The fourth-order valence-corrected chi connectivity index (χ4v) is 15.3. The molecule has 0 radical (unpaired) electrons. The van der Waals surface area contributed by atoms with E-state index >= 15 is 0 Å². The molecule has 3 aliphatic heterocycles. The first kappa shape index (κ1) is 52.9. The molecular formula is C50H82O18. The van der Waals surface area contributed by atoms with Gasteiger partial charge in [0.05, 0.1) is 38.1 Å². The first-order valence-electron chi connectivity index (χ1n) is 25.2. The van der Waals surface area contributed by atoms with Crippen LogP contribution in [0.5, 0.6) is 0 Å². The van der Waals surface area contributed by atoms with Gasteiger partial charge < -0.3 is 84.2 Å². The van der Waals surface area contributed by atoms with Crippen molar-refractivity contribution in [2.24, 2.45) is 50.2 Å². The van der Waals surface area contributed by atoms with Crippen molar-refractivity contribution in [2.45, 2.75) is 224 Å². The highest BCUT2D eigenvalue weighted by atomic mass is 16.8. The van der Waals surface area contributed by atoms with E-state index < -0.39 is 116 Å². The lowest BCUT2D eigenvalue weighted by Gasteiger charge is -2.72. The second-order valence-corrected chi connectivity index (χ2v) is 24.0. The molecule has 0 aromatic rings. The standard InChI is InChI=1S/C50H82O18/c1-10-62-41(61)38-35(58)36(59)40(68-43-39(34(57)32(55)26(21-51)64-43)67-42-37(60)33(56)31(54)23(2)63-42)44(66-38)65-30-14-15-47(6)27(48(30,7)22-52)13-16-50(9)28(47)12-11-24-25-19-45(3,4)20-29(53)46(25,5)17-18-49(24,50)8/h11,23,25-40,42-44,51-60H,10,12-22H2,1-9H3/t23-,25-,26+,27+,28+,29+,30-,31-,32-,33+,34-,35-,36-,37+,38-,39+,40+,42-,43-,44+,46+,47-,48+,49+,50+/m0/s1. The van der Waals surface area contributed by atoms with E-state index in [9.17, 15) is 55.9 Å². The number of ether oxygens (including phenoxy) is 7. The largest absolute Gasteiger partial charge is 0.464 e. The Labute approximate surface area is 400 Å². The Bertz CT molecular complexity index is 1850. The van der Waals surface area contributed by atoms with Gasteiger partial charge in [0.2, 0.25) is 0 Å². The van der Waals surface area contributed by atoms with Crippen molar-refractivity contribution < 1.29 is 89.0 Å². The van der Waals surface area contributed by atoms with Gasteiger partial charge in [0, 0.05) is 10.8 Å². The van der Waals surface area contributed by atoms with E-state index in [0.29, 0.717) is 12.8 Å². The first-order valence-corrected chi connectivity index (χ1v) is 25.2. The Hall–Kier alpha value is -1.43. The third-order valence-electron chi connectivity index (χ3n) is 19.8. The Morgan fingerprint density at radius 2 is 1.32 bits per heavy atom. The quantitative estimate of drug-likeness (QED) is 0.0836. The van der Waals surface area contributed by atoms with Crippen LogP contribution >= 0.6 is 0 Å². The van der Waals surface area contributed by atoms with E-state index in [-0.39, 0.29) is 64.1 Å². The normalized spacial score (nSPS) is 54.6. The molecule has 68 heavy (non-hydrogen) atoms. The van der Waals surface area contributed by atoms with Gasteiger partial charge in [0.15, 0.2) is 25.0 Å². The lowest BCUT2D eigenvalue weighted by Crippen LogP contribution is -2.68. The summed E-state index contributed by atoms with van der Waals surface area (Å²) in [6.45, 7) is 18.0. The van der Waals surface area contributed by atoms with Gasteiger partial charge in [0.25, 0.3) is 0 Å². The zero-order valence-corrected chi connectivity index (χ0v) is 41.3. The zero-order chi connectivity index (χ0) is 49.8. The average molecular weight is 971 g/mol. The van der Waals surface area contributed by atoms with Gasteiger partial charge in [-0.1, -0.05) is 60.1 Å². The molecule has 8 rings (SSSR count). The van der Waals surface area contributed by atoms with Crippen molar-refractivity contribution in [3.05, 3.63) is 11.6 Å². The fraction of sp³-hybridized carbons (Fsp3) is 0.940. The number of hydrogen-bond donors (Lipinski definition) is 10. The molecule has 0 aromatic carbocycles. The molecule has 25 atom stereocenters. The molecule has 0 unspecified atom stereocenters. The minimum absolute atomic E-state index is 0.0224. The number of hydrogen-bond acceptors (Lipinski definition) is 18. The maximum Gasteiger partial charge on any atom is 0.338 e. The van der Waals surface area contributed by atoms with E-state index in [1.165, 1.54) is 12.5 Å². The number of aliphatic hydroxyl groups excluding tert-OH is 10. The third kappa shape index (κ3) is 8.28. The molecule has 5 aliphatic carbocycles. The van der Waals surface area contributed by atoms with Crippen molar-refractivity contribution in [1.82, 2.24) is 0 Å². The Morgan fingerprint density at radius 3 is 1.97 bits per heavy atom. The van der Waals surface area contributed by atoms with Crippen LogP contribution in [0.3, 0.4) is 0 Å². The van der Waals surface area contributed by atoms with Crippen LogP contribution in [0.25, 0.3) is 0 Å². The molecule has 0 amide bonds. The monoisotopic (exact) mass is 971 g/mol. The Balaban J connectivity index is 1.09. The number of fused-ring (bicyclic) bond motifs is 7. The molecule has 8 aliphatic rings. The molecule has 18 heteroatoms. The molecule has 3 heterocycles. The van der Waals surface area contributed by atoms with Crippen molar-refractivity contribution in [1.29, 1.82) is 0 Å². The highest BCUT2D eigenvalue weighted by Gasteiger charge is 2.70. The second-order valence-electron chi connectivity index (χ2n) is 24.0. The number of aliphatic hydroxyl groups is 10. The second kappa shape index (κ2) is 18.8. The molecule has 3 saturated heterocycles. The minimum Gasteiger partial charge on any atom is -0.464 e. The molecule has 4 saturated carbocycles. The van der Waals surface area contributed by atoms with Crippen molar-refractivity contribution in [3.8, 4) is 0 Å². The summed E-state index contributed by atoms with van der Waals surface area (Å²) in [6, 6.07) is 0. The lowest BCUT2D eigenvalue weighted by molar-refractivity contribution is -0.396. The molecule has 0 bridgehead atoms. The molecule has 390 valence electrons. The summed E-state index contributed by atoms with van der Waals surface area (Å²) in [7, 11) is 0. The van der Waals surface area contributed by atoms with Crippen LogP contribution in [-0.2, 0) is 38.0 Å². The molecular weight excluding hydrogens is 889 g/mol. The van der Waals surface area contributed by atoms with Gasteiger partial charge >= 0.3 is 5.97 Å². The van der Waals surface area contributed by atoms with Crippen LogP contribution < -0.4 is 0 Å². The molecule has 7 fully saturated rings. The van der Waals surface area contributed by atoms with Gasteiger partial charge in [-0.15, -0.1) is 0 Å². The lowest BCUT2D eigenvalue weighted by atomic mass is 9.33. The van der Waals surface area contributed by atoms with E-state index in [4.69, 9.17) is 33.2 Å². The number of carbonyl (C=O) groups is 1. The van der Waals surface area contributed by atoms with Gasteiger partial charge in [-0.05, 0) is 111 Å². The fourth-order valence-electron chi connectivity index (χ4n) is 15.3. The van der Waals surface area contributed by atoms with Gasteiger partial charge in [-0.3, -0.25) is 0 Å². The summed E-state index contributed by atoms with van der Waals surface area (Å²) < 4.78 is 42.1. The molecule has 18 nitrogen and oxygen atoms in total. The smallest absolute Gasteiger partial charge is 0.338 e.